The van der Waals surface area contributed by atoms with Crippen molar-refractivity contribution in [1.82, 2.24) is 9.78 Å². The zero-order valence-electron chi connectivity index (χ0n) is 16.1. The van der Waals surface area contributed by atoms with Crippen molar-refractivity contribution in [3.63, 3.8) is 0 Å². The molecule has 0 amide bonds. The maximum absolute atomic E-state index is 13.5. The van der Waals surface area contributed by atoms with Gasteiger partial charge < -0.3 is 9.47 Å². The van der Waals surface area contributed by atoms with Gasteiger partial charge in [0.2, 0.25) is 0 Å². The number of carbonyl (C=O) groups excluding carboxylic acids is 1. The van der Waals surface area contributed by atoms with Crippen molar-refractivity contribution in [3.05, 3.63) is 81.6 Å². The SMILES string of the molecule is Cc1nn(Cc2ccccc2Cl)c2sc(C(=O)OCCOc3ccccc3F)cc12. The maximum atomic E-state index is 13.5. The number of ether oxygens (including phenoxy) is 2. The minimum Gasteiger partial charge on any atom is -0.487 e. The van der Waals surface area contributed by atoms with Crippen LogP contribution >= 0.6 is 22.9 Å². The monoisotopic (exact) mass is 444 g/mol. The number of nitrogens with zero attached hydrogens (tertiary/aromatic N) is 2. The fourth-order valence-electron chi connectivity index (χ4n) is 3.03. The van der Waals surface area contributed by atoms with Crippen molar-refractivity contribution >= 4 is 39.1 Å². The van der Waals surface area contributed by atoms with Crippen LogP contribution in [0.15, 0.2) is 54.6 Å². The van der Waals surface area contributed by atoms with Gasteiger partial charge in [-0.15, -0.1) is 11.3 Å². The molecule has 0 fully saturated rings. The zero-order valence-corrected chi connectivity index (χ0v) is 17.7. The molecular weight excluding hydrogens is 427 g/mol. The summed E-state index contributed by atoms with van der Waals surface area (Å²) in [5, 5.41) is 6.14. The summed E-state index contributed by atoms with van der Waals surface area (Å²) in [7, 11) is 0. The standard InChI is InChI=1S/C22H18ClFN2O3S/c1-14-16-12-20(22(27)29-11-10-28-19-9-5-4-8-18(19)24)30-21(16)26(25-14)13-15-6-2-3-7-17(15)23/h2-9,12H,10-11,13H2,1H3. The number of aryl methyl sites for hydroxylation is 1. The van der Waals surface area contributed by atoms with Crippen LogP contribution in [0.5, 0.6) is 5.75 Å². The molecule has 2 aromatic carbocycles. The first kappa shape index (κ1) is 20.4. The van der Waals surface area contributed by atoms with Crippen LogP contribution in [0.2, 0.25) is 5.02 Å². The molecule has 30 heavy (non-hydrogen) atoms. The number of rotatable bonds is 7. The van der Waals surface area contributed by atoms with Gasteiger partial charge in [0.05, 0.1) is 12.2 Å². The summed E-state index contributed by atoms with van der Waals surface area (Å²) in [6, 6.07) is 15.5. The highest BCUT2D eigenvalue weighted by atomic mass is 35.5. The first-order chi connectivity index (χ1) is 14.5. The molecule has 4 rings (SSSR count). The van der Waals surface area contributed by atoms with E-state index >= 15 is 0 Å². The molecule has 154 valence electrons. The Morgan fingerprint density at radius 2 is 1.93 bits per heavy atom. The number of aromatic nitrogens is 2. The number of hydrogen-bond donors (Lipinski definition) is 0. The first-order valence-corrected chi connectivity index (χ1v) is 10.5. The normalized spacial score (nSPS) is 11.0. The number of halogens is 2. The predicted molar refractivity (Wildman–Crippen MR) is 115 cm³/mol. The van der Waals surface area contributed by atoms with Gasteiger partial charge in [-0.25, -0.2) is 9.18 Å². The Kier molecular flexibility index (Phi) is 6.01. The molecule has 0 N–H and O–H groups in total. The molecule has 0 atom stereocenters. The van der Waals surface area contributed by atoms with Crippen LogP contribution in [-0.2, 0) is 11.3 Å². The molecule has 2 heterocycles. The van der Waals surface area contributed by atoms with E-state index in [-0.39, 0.29) is 19.0 Å². The second-order valence-corrected chi connectivity index (χ2v) is 8.02. The molecule has 0 aliphatic heterocycles. The van der Waals surface area contributed by atoms with Gasteiger partial charge >= 0.3 is 5.97 Å². The summed E-state index contributed by atoms with van der Waals surface area (Å²) >= 11 is 7.58. The van der Waals surface area contributed by atoms with Gasteiger partial charge in [0.25, 0.3) is 0 Å². The van der Waals surface area contributed by atoms with E-state index < -0.39 is 11.8 Å². The van der Waals surface area contributed by atoms with E-state index in [1.54, 1.807) is 18.2 Å². The lowest BCUT2D eigenvalue weighted by molar-refractivity contribution is 0.0454. The lowest BCUT2D eigenvalue weighted by atomic mass is 10.2. The summed E-state index contributed by atoms with van der Waals surface area (Å²) in [6.45, 7) is 2.49. The molecule has 0 spiro atoms. The molecule has 5 nitrogen and oxygen atoms in total. The molecule has 0 unspecified atom stereocenters. The largest absolute Gasteiger partial charge is 0.487 e. The van der Waals surface area contributed by atoms with Gasteiger partial charge in [0, 0.05) is 10.4 Å². The Labute approximate surface area is 181 Å². The van der Waals surface area contributed by atoms with Crippen LogP contribution in [0.4, 0.5) is 4.39 Å². The molecule has 0 radical (unpaired) electrons. The van der Waals surface area contributed by atoms with Crippen LogP contribution in [0.25, 0.3) is 10.2 Å². The highest BCUT2D eigenvalue weighted by Crippen LogP contribution is 2.30. The van der Waals surface area contributed by atoms with Crippen molar-refractivity contribution in [2.24, 2.45) is 0 Å². The molecule has 8 heteroatoms. The summed E-state index contributed by atoms with van der Waals surface area (Å²) in [4.78, 5) is 13.8. The predicted octanol–water partition coefficient (Wildman–Crippen LogP) is 5.48. The van der Waals surface area contributed by atoms with Crippen molar-refractivity contribution in [1.29, 1.82) is 0 Å². The molecule has 4 aromatic rings. The number of fused-ring (bicyclic) bond motifs is 1. The average Bonchev–Trinajstić information content (AvgIpc) is 3.29. The first-order valence-electron chi connectivity index (χ1n) is 9.27. The smallest absolute Gasteiger partial charge is 0.348 e. The van der Waals surface area contributed by atoms with E-state index in [0.29, 0.717) is 16.4 Å². The highest BCUT2D eigenvalue weighted by Gasteiger charge is 2.18. The Bertz CT molecular complexity index is 1200. The number of hydrogen-bond acceptors (Lipinski definition) is 5. The van der Waals surface area contributed by atoms with Crippen molar-refractivity contribution < 1.29 is 18.7 Å². The van der Waals surface area contributed by atoms with Crippen LogP contribution in [0.1, 0.15) is 20.9 Å². The molecular formula is C22H18ClFN2O3S. The van der Waals surface area contributed by atoms with Crippen LogP contribution in [0, 0.1) is 12.7 Å². The Hall–Kier alpha value is -2.90. The van der Waals surface area contributed by atoms with Gasteiger partial charge in [-0.2, -0.15) is 5.10 Å². The van der Waals surface area contributed by atoms with Crippen molar-refractivity contribution in [2.75, 3.05) is 13.2 Å². The topological polar surface area (TPSA) is 53.4 Å². The van der Waals surface area contributed by atoms with E-state index in [1.165, 1.54) is 23.5 Å². The van der Waals surface area contributed by atoms with Crippen LogP contribution in [0.3, 0.4) is 0 Å². The van der Waals surface area contributed by atoms with E-state index in [0.717, 1.165) is 21.5 Å². The summed E-state index contributed by atoms with van der Waals surface area (Å²) < 4.78 is 26.0. The number of thiophene rings is 1. The third-order valence-corrected chi connectivity index (χ3v) is 5.99. The molecule has 0 aliphatic carbocycles. The maximum Gasteiger partial charge on any atom is 0.348 e. The second kappa shape index (κ2) is 8.85. The van der Waals surface area contributed by atoms with E-state index in [2.05, 4.69) is 5.10 Å². The summed E-state index contributed by atoms with van der Waals surface area (Å²) in [5.74, 6) is -0.769. The van der Waals surface area contributed by atoms with E-state index in [9.17, 15) is 9.18 Å². The van der Waals surface area contributed by atoms with Crippen LogP contribution < -0.4 is 4.74 Å². The second-order valence-electron chi connectivity index (χ2n) is 6.58. The quantitative estimate of drug-likeness (QED) is 0.279. The minimum absolute atomic E-state index is 0.0200. The number of benzene rings is 2. The molecule has 0 saturated carbocycles. The summed E-state index contributed by atoms with van der Waals surface area (Å²) in [5.41, 5.74) is 1.78. The molecule has 0 aliphatic rings. The van der Waals surface area contributed by atoms with E-state index in [4.69, 9.17) is 21.1 Å². The Morgan fingerprint density at radius 1 is 1.17 bits per heavy atom. The van der Waals surface area contributed by atoms with Gasteiger partial charge in [-0.05, 0) is 36.8 Å². The zero-order chi connectivity index (χ0) is 21.1. The van der Waals surface area contributed by atoms with Crippen LogP contribution in [-0.4, -0.2) is 29.0 Å². The summed E-state index contributed by atoms with van der Waals surface area (Å²) in [6.07, 6.45) is 0. The lowest BCUT2D eigenvalue weighted by Gasteiger charge is -2.07. The van der Waals surface area contributed by atoms with Crippen molar-refractivity contribution in [2.45, 2.75) is 13.5 Å². The average molecular weight is 445 g/mol. The molecule has 0 bridgehead atoms. The Morgan fingerprint density at radius 3 is 2.73 bits per heavy atom. The minimum atomic E-state index is -0.452. The van der Waals surface area contributed by atoms with Gasteiger partial charge in [-0.3, -0.25) is 4.68 Å². The van der Waals surface area contributed by atoms with Gasteiger partial charge in [0.15, 0.2) is 11.6 Å². The van der Waals surface area contributed by atoms with Crippen molar-refractivity contribution in [3.8, 4) is 5.75 Å². The third kappa shape index (κ3) is 4.32. The lowest BCUT2D eigenvalue weighted by Crippen LogP contribution is -2.12. The highest BCUT2D eigenvalue weighted by molar-refractivity contribution is 7.20. The van der Waals surface area contributed by atoms with E-state index in [1.807, 2.05) is 35.9 Å². The number of carbonyl (C=O) groups is 1. The molecule has 2 aromatic heterocycles. The third-order valence-electron chi connectivity index (χ3n) is 4.50. The fraction of sp³-hybridized carbons (Fsp3) is 0.182. The number of esters is 1. The van der Waals surface area contributed by atoms with Gasteiger partial charge in [-0.1, -0.05) is 41.9 Å². The number of para-hydroxylation sites is 1. The van der Waals surface area contributed by atoms with Gasteiger partial charge in [0.1, 0.15) is 22.9 Å². The Balaban J connectivity index is 1.42. The fourth-order valence-corrected chi connectivity index (χ4v) is 4.28. The molecule has 0 saturated heterocycles.